The Morgan fingerprint density at radius 3 is 2.46 bits per heavy atom. The molecule has 0 aromatic carbocycles. The highest BCUT2D eigenvalue weighted by Gasteiger charge is 2.30. The first-order valence-electron chi connectivity index (χ1n) is 4.22. The fourth-order valence-electron chi connectivity index (χ4n) is 1.31. The summed E-state index contributed by atoms with van der Waals surface area (Å²) in [6.45, 7) is 1.07. The molecule has 2 atom stereocenters. The van der Waals surface area contributed by atoms with Crippen molar-refractivity contribution in [2.45, 2.75) is 6.10 Å². The lowest BCUT2D eigenvalue weighted by atomic mass is 10.1. The van der Waals surface area contributed by atoms with E-state index < -0.39 is 16.1 Å². The lowest BCUT2D eigenvalue weighted by molar-refractivity contribution is 0.157. The van der Waals surface area contributed by atoms with Crippen LogP contribution in [0.5, 0.6) is 0 Å². The van der Waals surface area contributed by atoms with Gasteiger partial charge in [0.25, 0.3) is 0 Å². The number of aliphatic hydroxyl groups excluding tert-OH is 1. The Morgan fingerprint density at radius 2 is 2.08 bits per heavy atom. The van der Waals surface area contributed by atoms with Crippen molar-refractivity contribution < 1.29 is 13.5 Å². The summed E-state index contributed by atoms with van der Waals surface area (Å²) in [7, 11) is -0.173. The zero-order chi connectivity index (χ0) is 10.1. The molecule has 0 aromatic heterocycles. The topological polar surface area (TPSA) is 69.6 Å². The first-order chi connectivity index (χ1) is 5.93. The van der Waals surface area contributed by atoms with Gasteiger partial charge in [0.2, 0.25) is 10.0 Å². The van der Waals surface area contributed by atoms with Crippen LogP contribution in [-0.2, 0) is 10.0 Å². The Morgan fingerprint density at radius 1 is 1.46 bits per heavy atom. The second kappa shape index (κ2) is 3.91. The number of hydrogen-bond donors (Lipinski definition) is 2. The van der Waals surface area contributed by atoms with Gasteiger partial charge in [0.15, 0.2) is 0 Å². The monoisotopic (exact) mass is 208 g/mol. The molecule has 78 valence electrons. The zero-order valence-corrected chi connectivity index (χ0v) is 8.71. The van der Waals surface area contributed by atoms with Gasteiger partial charge in [-0.3, -0.25) is 0 Å². The van der Waals surface area contributed by atoms with Crippen LogP contribution in [0, 0.1) is 5.92 Å². The fourth-order valence-corrected chi connectivity index (χ4v) is 2.49. The van der Waals surface area contributed by atoms with Crippen LogP contribution in [0.3, 0.4) is 0 Å². The molecule has 0 amide bonds. The van der Waals surface area contributed by atoms with E-state index in [0.717, 1.165) is 0 Å². The van der Waals surface area contributed by atoms with E-state index in [1.165, 1.54) is 18.4 Å². The van der Waals surface area contributed by atoms with Crippen molar-refractivity contribution in [3.63, 3.8) is 0 Å². The summed E-state index contributed by atoms with van der Waals surface area (Å²) in [5, 5.41) is 12.3. The molecular weight excluding hydrogens is 192 g/mol. The van der Waals surface area contributed by atoms with Crippen LogP contribution in [0.1, 0.15) is 0 Å². The van der Waals surface area contributed by atoms with Gasteiger partial charge in [-0.15, -0.1) is 0 Å². The fraction of sp³-hybridized carbons (Fsp3) is 1.00. The minimum absolute atomic E-state index is 0.0220. The molecule has 0 radical (unpaired) electrons. The summed E-state index contributed by atoms with van der Waals surface area (Å²) in [6, 6.07) is 0. The number of nitrogens with one attached hydrogen (secondary N) is 1. The van der Waals surface area contributed by atoms with E-state index in [0.29, 0.717) is 13.1 Å². The molecule has 5 nitrogen and oxygen atoms in total. The van der Waals surface area contributed by atoms with E-state index in [1.54, 1.807) is 0 Å². The van der Waals surface area contributed by atoms with Crippen molar-refractivity contribution >= 4 is 10.0 Å². The maximum atomic E-state index is 11.4. The zero-order valence-electron chi connectivity index (χ0n) is 7.90. The minimum atomic E-state index is -3.18. The number of sulfonamides is 1. The third kappa shape index (κ3) is 2.63. The minimum Gasteiger partial charge on any atom is -0.391 e. The molecule has 0 unspecified atom stereocenters. The van der Waals surface area contributed by atoms with Gasteiger partial charge in [0, 0.05) is 33.1 Å². The standard InChI is InChI=1S/C7H16N2O3S/c1-9(2)13(11,12)5-6-3-8-4-7(6)10/h6-8,10H,3-5H2,1-2H3/t6-,7+/m0/s1. The average molecular weight is 208 g/mol. The molecule has 1 fully saturated rings. The third-order valence-electron chi connectivity index (χ3n) is 2.29. The maximum absolute atomic E-state index is 11.4. The highest BCUT2D eigenvalue weighted by Crippen LogP contribution is 2.12. The van der Waals surface area contributed by atoms with E-state index in [9.17, 15) is 13.5 Å². The van der Waals surface area contributed by atoms with Crippen molar-refractivity contribution in [2.75, 3.05) is 32.9 Å². The van der Waals surface area contributed by atoms with Crippen molar-refractivity contribution in [3.05, 3.63) is 0 Å². The molecule has 0 bridgehead atoms. The van der Waals surface area contributed by atoms with Crippen molar-refractivity contribution in [1.29, 1.82) is 0 Å². The van der Waals surface area contributed by atoms with Crippen molar-refractivity contribution in [1.82, 2.24) is 9.62 Å². The van der Waals surface area contributed by atoms with Gasteiger partial charge in [-0.1, -0.05) is 0 Å². The summed E-state index contributed by atoms with van der Waals surface area (Å²) < 4.78 is 24.0. The molecule has 1 aliphatic rings. The van der Waals surface area contributed by atoms with Gasteiger partial charge < -0.3 is 10.4 Å². The molecular formula is C7H16N2O3S. The molecule has 1 rings (SSSR count). The highest BCUT2D eigenvalue weighted by molar-refractivity contribution is 7.89. The Bertz CT molecular complexity index is 263. The lowest BCUT2D eigenvalue weighted by Gasteiger charge is -2.16. The highest BCUT2D eigenvalue weighted by atomic mass is 32.2. The molecule has 2 N–H and O–H groups in total. The SMILES string of the molecule is CN(C)S(=O)(=O)C[C@@H]1CNC[C@H]1O. The molecule has 13 heavy (non-hydrogen) atoms. The predicted octanol–water partition coefficient (Wildman–Crippen LogP) is -1.54. The number of aliphatic hydroxyl groups is 1. The van der Waals surface area contributed by atoms with Gasteiger partial charge in [-0.25, -0.2) is 12.7 Å². The summed E-state index contributed by atoms with van der Waals surface area (Å²) in [4.78, 5) is 0. The van der Waals surface area contributed by atoms with Crippen LogP contribution in [0.15, 0.2) is 0 Å². The van der Waals surface area contributed by atoms with Gasteiger partial charge in [-0.2, -0.15) is 0 Å². The summed E-state index contributed by atoms with van der Waals surface area (Å²) in [6.07, 6.45) is -0.533. The van der Waals surface area contributed by atoms with Crippen LogP contribution in [-0.4, -0.2) is 56.9 Å². The van der Waals surface area contributed by atoms with Crippen LogP contribution in [0.25, 0.3) is 0 Å². The molecule has 0 saturated carbocycles. The second-order valence-corrected chi connectivity index (χ2v) is 5.77. The van der Waals surface area contributed by atoms with Crippen molar-refractivity contribution in [3.8, 4) is 0 Å². The first kappa shape index (κ1) is 10.9. The Hall–Kier alpha value is -0.170. The Kier molecular flexibility index (Phi) is 3.28. The summed E-state index contributed by atoms with van der Waals surface area (Å²) in [5.74, 6) is -0.152. The van der Waals surface area contributed by atoms with Crippen LogP contribution in [0.2, 0.25) is 0 Å². The van der Waals surface area contributed by atoms with E-state index in [1.807, 2.05) is 0 Å². The summed E-state index contributed by atoms with van der Waals surface area (Å²) in [5.41, 5.74) is 0. The van der Waals surface area contributed by atoms with Gasteiger partial charge in [0.1, 0.15) is 0 Å². The molecule has 1 aliphatic heterocycles. The molecule has 0 aromatic rings. The smallest absolute Gasteiger partial charge is 0.214 e. The molecule has 0 spiro atoms. The van der Waals surface area contributed by atoms with Crippen LogP contribution in [0.4, 0.5) is 0 Å². The second-order valence-electron chi connectivity index (χ2n) is 3.55. The van der Waals surface area contributed by atoms with Gasteiger partial charge >= 0.3 is 0 Å². The predicted molar refractivity (Wildman–Crippen MR) is 49.8 cm³/mol. The van der Waals surface area contributed by atoms with E-state index in [2.05, 4.69) is 5.32 Å². The largest absolute Gasteiger partial charge is 0.391 e. The third-order valence-corrected chi connectivity index (χ3v) is 4.25. The van der Waals surface area contributed by atoms with Gasteiger partial charge in [0.05, 0.1) is 11.9 Å². The number of nitrogens with zero attached hydrogens (tertiary/aromatic N) is 1. The van der Waals surface area contributed by atoms with Gasteiger partial charge in [-0.05, 0) is 0 Å². The van der Waals surface area contributed by atoms with E-state index >= 15 is 0 Å². The Balaban J connectivity index is 2.58. The number of rotatable bonds is 3. The quantitative estimate of drug-likeness (QED) is 0.589. The lowest BCUT2D eigenvalue weighted by Crippen LogP contribution is -2.33. The molecule has 6 heteroatoms. The van der Waals surface area contributed by atoms with E-state index in [-0.39, 0.29) is 11.7 Å². The normalized spacial score (nSPS) is 29.8. The maximum Gasteiger partial charge on any atom is 0.214 e. The van der Waals surface area contributed by atoms with E-state index in [4.69, 9.17) is 0 Å². The first-order valence-corrected chi connectivity index (χ1v) is 5.83. The average Bonchev–Trinajstić information content (AvgIpc) is 2.35. The number of hydrogen-bond acceptors (Lipinski definition) is 4. The summed E-state index contributed by atoms with van der Waals surface area (Å²) >= 11 is 0. The molecule has 0 aliphatic carbocycles. The molecule has 1 heterocycles. The van der Waals surface area contributed by atoms with Crippen LogP contribution < -0.4 is 5.32 Å². The van der Waals surface area contributed by atoms with Crippen molar-refractivity contribution in [2.24, 2.45) is 5.92 Å². The Labute approximate surface area is 78.8 Å². The number of β-amino-alcohol motifs (C(OH)–C–C–N with tert-alkyl or cyclic N) is 1. The van der Waals surface area contributed by atoms with Crippen LogP contribution >= 0.6 is 0 Å². The molecule has 1 saturated heterocycles.